The minimum atomic E-state index is 0.912. The largest absolute Gasteiger partial charge is 0.313 e. The molecule has 1 aliphatic carbocycles. The van der Waals surface area contributed by atoms with Crippen molar-refractivity contribution in [2.45, 2.75) is 12.8 Å². The molecule has 10 aromatic carbocycles. The van der Waals surface area contributed by atoms with E-state index in [2.05, 4.69) is 281 Å². The Morgan fingerprint density at radius 2 is 0.693 bits per heavy atom. The highest BCUT2D eigenvalue weighted by Gasteiger charge is 2.22. The van der Waals surface area contributed by atoms with Gasteiger partial charge in [-0.25, -0.2) is 4.98 Å². The quantitative estimate of drug-likeness (QED) is 0.149. The van der Waals surface area contributed by atoms with E-state index >= 15 is 0 Å². The normalized spacial score (nSPS) is 12.4. The number of hydrogen-bond acceptors (Lipinski definition) is 1. The Labute approximate surface area is 435 Å². The molecule has 0 aliphatic heterocycles. The maximum absolute atomic E-state index is 5.59. The van der Waals surface area contributed by atoms with Gasteiger partial charge in [0.15, 0.2) is 0 Å². The molecule has 0 unspecified atom stereocenters. The molecule has 0 saturated carbocycles. The van der Waals surface area contributed by atoms with E-state index in [4.69, 9.17) is 4.98 Å². The molecule has 75 heavy (non-hydrogen) atoms. The SMILES string of the molecule is C1=Cc2c(n(-c3cc(-c4cccc(-c5cc(-c6ccc(-c7ccccc7)cc6)cc(-c6cccc(-n7c8ccccc8c8ccccc87)c6)n5)c4)cc(-n4c5ccccc5c5ccccc54)c3)c3ccccc23)CC1. The van der Waals surface area contributed by atoms with E-state index in [1.165, 1.54) is 76.9 Å². The monoisotopic (exact) mass is 956 g/mol. The van der Waals surface area contributed by atoms with Crippen molar-refractivity contribution in [1.82, 2.24) is 18.7 Å². The Hall–Kier alpha value is -9.77. The molecule has 0 amide bonds. The van der Waals surface area contributed by atoms with E-state index < -0.39 is 0 Å². The van der Waals surface area contributed by atoms with E-state index in [0.717, 1.165) is 74.7 Å². The Balaban J connectivity index is 0.919. The summed E-state index contributed by atoms with van der Waals surface area (Å²) in [6.45, 7) is 0. The zero-order valence-electron chi connectivity index (χ0n) is 41.1. The lowest BCUT2D eigenvalue weighted by atomic mass is 9.96. The van der Waals surface area contributed by atoms with E-state index in [1.807, 2.05) is 0 Å². The third-order valence-electron chi connectivity index (χ3n) is 15.5. The summed E-state index contributed by atoms with van der Waals surface area (Å²) >= 11 is 0. The van der Waals surface area contributed by atoms with E-state index in [0.29, 0.717) is 0 Å². The number of para-hydroxylation sites is 5. The van der Waals surface area contributed by atoms with Gasteiger partial charge in [-0.1, -0.05) is 188 Å². The number of hydrogen-bond donors (Lipinski definition) is 0. The van der Waals surface area contributed by atoms with Crippen LogP contribution in [0.3, 0.4) is 0 Å². The van der Waals surface area contributed by atoms with Gasteiger partial charge in [0.25, 0.3) is 0 Å². The zero-order chi connectivity index (χ0) is 49.4. The molecular weight excluding hydrogens is 909 g/mol. The summed E-state index contributed by atoms with van der Waals surface area (Å²) in [5, 5.41) is 6.25. The van der Waals surface area contributed by atoms with Gasteiger partial charge in [0.1, 0.15) is 0 Å². The second-order valence-corrected chi connectivity index (χ2v) is 19.8. The molecule has 14 aromatic rings. The molecule has 0 radical (unpaired) electrons. The van der Waals surface area contributed by atoms with Crippen LogP contribution in [0.4, 0.5) is 0 Å². The maximum Gasteiger partial charge on any atom is 0.0716 e. The van der Waals surface area contributed by atoms with Crippen LogP contribution in [0, 0.1) is 0 Å². The number of nitrogens with zero attached hydrogens (tertiary/aromatic N) is 4. The molecule has 0 N–H and O–H groups in total. The first-order valence-electron chi connectivity index (χ1n) is 26.0. The van der Waals surface area contributed by atoms with E-state index in [9.17, 15) is 0 Å². The molecule has 4 aromatic heterocycles. The van der Waals surface area contributed by atoms with Crippen LogP contribution in [0.1, 0.15) is 17.7 Å². The first kappa shape index (κ1) is 42.9. The number of benzene rings is 10. The molecule has 0 spiro atoms. The van der Waals surface area contributed by atoms with Crippen molar-refractivity contribution in [3.63, 3.8) is 0 Å². The van der Waals surface area contributed by atoms with Crippen molar-refractivity contribution in [2.75, 3.05) is 0 Å². The van der Waals surface area contributed by atoms with Crippen molar-refractivity contribution < 1.29 is 0 Å². The predicted octanol–water partition coefficient (Wildman–Crippen LogP) is 18.5. The topological polar surface area (TPSA) is 27.7 Å². The van der Waals surface area contributed by atoms with Gasteiger partial charge in [0, 0.05) is 66.4 Å². The molecule has 4 heterocycles. The van der Waals surface area contributed by atoms with Crippen molar-refractivity contribution in [2.24, 2.45) is 0 Å². The third-order valence-corrected chi connectivity index (χ3v) is 15.5. The highest BCUT2D eigenvalue weighted by Crippen LogP contribution is 2.41. The van der Waals surface area contributed by atoms with E-state index in [1.54, 1.807) is 0 Å². The van der Waals surface area contributed by atoms with Gasteiger partial charge in [-0.15, -0.1) is 0 Å². The van der Waals surface area contributed by atoms with Gasteiger partial charge in [-0.05, 0) is 125 Å². The molecule has 0 saturated heterocycles. The third kappa shape index (κ3) is 7.17. The Bertz CT molecular complexity index is 4480. The lowest BCUT2D eigenvalue weighted by Gasteiger charge is -2.18. The second-order valence-electron chi connectivity index (χ2n) is 19.8. The van der Waals surface area contributed by atoms with Crippen LogP contribution in [0.25, 0.3) is 134 Å². The van der Waals surface area contributed by atoms with E-state index in [-0.39, 0.29) is 0 Å². The number of pyridine rings is 1. The van der Waals surface area contributed by atoms with Crippen molar-refractivity contribution in [3.8, 4) is 73.0 Å². The van der Waals surface area contributed by atoms with Crippen LogP contribution in [-0.4, -0.2) is 18.7 Å². The van der Waals surface area contributed by atoms with Gasteiger partial charge in [0.05, 0.1) is 39.0 Å². The molecule has 0 atom stereocenters. The number of rotatable bonds is 8. The summed E-state index contributed by atoms with van der Waals surface area (Å²) in [5.74, 6) is 0. The lowest BCUT2D eigenvalue weighted by molar-refractivity contribution is 0.888. The highest BCUT2D eigenvalue weighted by molar-refractivity contribution is 6.10. The van der Waals surface area contributed by atoms with Gasteiger partial charge >= 0.3 is 0 Å². The van der Waals surface area contributed by atoms with Gasteiger partial charge < -0.3 is 13.7 Å². The molecule has 352 valence electrons. The number of fused-ring (bicyclic) bond motifs is 9. The van der Waals surface area contributed by atoms with Crippen LogP contribution < -0.4 is 0 Å². The van der Waals surface area contributed by atoms with Gasteiger partial charge in [0.2, 0.25) is 0 Å². The van der Waals surface area contributed by atoms with Gasteiger partial charge in [-0.3, -0.25) is 0 Å². The summed E-state index contributed by atoms with van der Waals surface area (Å²) in [5.41, 5.74) is 22.8. The average Bonchev–Trinajstić information content (AvgIpc) is 4.14. The minimum Gasteiger partial charge on any atom is -0.313 e. The van der Waals surface area contributed by atoms with Gasteiger partial charge in [-0.2, -0.15) is 0 Å². The number of aromatic nitrogens is 4. The fourth-order valence-corrected chi connectivity index (χ4v) is 12.0. The predicted molar refractivity (Wildman–Crippen MR) is 314 cm³/mol. The fourth-order valence-electron chi connectivity index (χ4n) is 12.0. The Kier molecular flexibility index (Phi) is 9.99. The second kappa shape index (κ2) is 17.5. The lowest BCUT2D eigenvalue weighted by Crippen LogP contribution is -2.05. The van der Waals surface area contributed by atoms with Crippen LogP contribution >= 0.6 is 0 Å². The standard InChI is InChI=1S/C71H48N4/c1-2-18-47(19-3-1)48-36-38-49(39-37-48)54-44-64(72-65(45-54)52-22-17-23-55(41-52)73-66-30-10-4-24-58(66)59-25-5-11-31-67(59)73)51-21-16-20-50(40-51)53-42-56(74-68-32-12-6-26-60(68)61-27-7-13-33-69(61)74)46-57(43-53)75-70-34-14-8-28-62(70)63-29-9-15-35-71(63)75/h1-14,16-34,36-46H,15,35H2. The fraction of sp³-hybridized carbons (Fsp3) is 0.0282. The molecule has 0 fully saturated rings. The molecule has 1 aliphatic rings. The molecule has 4 heteroatoms. The van der Waals surface area contributed by atoms with Crippen molar-refractivity contribution in [3.05, 3.63) is 272 Å². The average molecular weight is 957 g/mol. The zero-order valence-corrected chi connectivity index (χ0v) is 41.1. The maximum atomic E-state index is 5.59. The van der Waals surface area contributed by atoms with Crippen LogP contribution in [0.5, 0.6) is 0 Å². The Morgan fingerprint density at radius 3 is 1.29 bits per heavy atom. The summed E-state index contributed by atoms with van der Waals surface area (Å²) in [6, 6.07) is 93.0. The van der Waals surface area contributed by atoms with Crippen LogP contribution in [-0.2, 0) is 6.42 Å². The minimum absolute atomic E-state index is 0.912. The van der Waals surface area contributed by atoms with Crippen molar-refractivity contribution in [1.29, 1.82) is 0 Å². The molecule has 0 bridgehead atoms. The summed E-state index contributed by atoms with van der Waals surface area (Å²) in [4.78, 5) is 5.59. The summed E-state index contributed by atoms with van der Waals surface area (Å²) < 4.78 is 7.36. The molecule has 15 rings (SSSR count). The first-order valence-corrected chi connectivity index (χ1v) is 26.0. The summed E-state index contributed by atoms with van der Waals surface area (Å²) in [7, 11) is 0. The number of allylic oxidation sites excluding steroid dienone is 1. The Morgan fingerprint density at radius 1 is 0.280 bits per heavy atom. The van der Waals surface area contributed by atoms with Crippen LogP contribution in [0.15, 0.2) is 261 Å². The first-order chi connectivity index (χ1) is 37.2. The molecule has 4 nitrogen and oxygen atoms in total. The highest BCUT2D eigenvalue weighted by atomic mass is 15.0. The van der Waals surface area contributed by atoms with Crippen molar-refractivity contribution >= 4 is 60.6 Å². The summed E-state index contributed by atoms with van der Waals surface area (Å²) in [6.07, 6.45) is 6.64. The van der Waals surface area contributed by atoms with Crippen LogP contribution in [0.2, 0.25) is 0 Å². The molecular formula is C71H48N4. The smallest absolute Gasteiger partial charge is 0.0716 e.